The van der Waals surface area contributed by atoms with E-state index in [1.807, 2.05) is 0 Å². The van der Waals surface area contributed by atoms with Crippen LogP contribution in [-0.4, -0.2) is 43.4 Å². The van der Waals surface area contributed by atoms with Crippen LogP contribution in [0.25, 0.3) is 0 Å². The number of carbonyl (C=O) groups is 1. The Labute approximate surface area is 84.8 Å². The monoisotopic (exact) mass is 226 g/mol. The molecule has 2 aliphatic rings. The Hall–Kier alpha value is -0.820. The molecule has 0 spiro atoms. The number of nitrogens with one attached hydrogen (secondary N) is 2. The van der Waals surface area contributed by atoms with E-state index in [1.54, 1.807) is 0 Å². The molecular weight excluding hydrogens is 213 g/mol. The van der Waals surface area contributed by atoms with E-state index in [0.29, 0.717) is 0 Å². The van der Waals surface area contributed by atoms with E-state index in [9.17, 15) is 13.2 Å². The third kappa shape index (κ3) is 3.67. The fraction of sp³-hybridized carbons (Fsp3) is 0.875. The van der Waals surface area contributed by atoms with Crippen molar-refractivity contribution in [3.63, 3.8) is 0 Å². The maximum Gasteiger partial charge on any atom is 0.490 e. The van der Waals surface area contributed by atoms with Crippen molar-refractivity contribution in [1.29, 1.82) is 0 Å². The SMILES string of the molecule is C1NCC1C1CNC1.O=C(O)C(F)(F)F. The van der Waals surface area contributed by atoms with Crippen LogP contribution in [0.3, 0.4) is 0 Å². The Kier molecular flexibility index (Phi) is 3.92. The van der Waals surface area contributed by atoms with Crippen molar-refractivity contribution in [2.45, 2.75) is 6.18 Å². The number of rotatable bonds is 1. The average molecular weight is 226 g/mol. The van der Waals surface area contributed by atoms with Gasteiger partial charge >= 0.3 is 12.1 Å². The second-order valence-electron chi connectivity index (χ2n) is 3.64. The maximum atomic E-state index is 10.6. The van der Waals surface area contributed by atoms with Crippen molar-refractivity contribution < 1.29 is 23.1 Å². The van der Waals surface area contributed by atoms with Crippen LogP contribution >= 0.6 is 0 Å². The summed E-state index contributed by atoms with van der Waals surface area (Å²) in [5.74, 6) is -0.736. The van der Waals surface area contributed by atoms with Crippen LogP contribution in [0.5, 0.6) is 0 Å². The number of aliphatic carboxylic acids is 1. The van der Waals surface area contributed by atoms with Crippen LogP contribution < -0.4 is 10.6 Å². The van der Waals surface area contributed by atoms with Crippen molar-refractivity contribution in [2.75, 3.05) is 26.2 Å². The lowest BCUT2D eigenvalue weighted by Crippen LogP contribution is -2.56. The van der Waals surface area contributed by atoms with E-state index in [2.05, 4.69) is 10.6 Å². The molecular formula is C8H13F3N2O2. The topological polar surface area (TPSA) is 61.4 Å². The summed E-state index contributed by atoms with van der Waals surface area (Å²) >= 11 is 0. The van der Waals surface area contributed by atoms with Gasteiger partial charge < -0.3 is 15.7 Å². The van der Waals surface area contributed by atoms with Gasteiger partial charge in [-0.2, -0.15) is 13.2 Å². The van der Waals surface area contributed by atoms with Gasteiger partial charge in [0.15, 0.2) is 0 Å². The molecule has 0 aromatic carbocycles. The maximum absolute atomic E-state index is 10.6. The molecule has 2 heterocycles. The fourth-order valence-corrected chi connectivity index (χ4v) is 1.29. The minimum absolute atomic E-state index is 1.01. The molecule has 2 saturated heterocycles. The molecule has 0 aliphatic carbocycles. The standard InChI is InChI=1S/C6H12N2.C2HF3O2/c1-5(2-7-1)6-3-8-4-6;3-2(4,5)1(6)7/h5-8H,1-4H2;(H,6,7). The highest BCUT2D eigenvalue weighted by Crippen LogP contribution is 2.19. The normalized spacial score (nSPS) is 22.1. The molecule has 0 saturated carbocycles. The lowest BCUT2D eigenvalue weighted by Gasteiger charge is -2.40. The van der Waals surface area contributed by atoms with Crippen LogP contribution in [0.4, 0.5) is 13.2 Å². The smallest absolute Gasteiger partial charge is 0.475 e. The van der Waals surface area contributed by atoms with E-state index < -0.39 is 12.1 Å². The Balaban J connectivity index is 0.000000153. The van der Waals surface area contributed by atoms with Gasteiger partial charge in [-0.15, -0.1) is 0 Å². The molecule has 0 bridgehead atoms. The van der Waals surface area contributed by atoms with Crippen LogP contribution in [0, 0.1) is 11.8 Å². The van der Waals surface area contributed by atoms with Gasteiger partial charge in [0, 0.05) is 0 Å². The Morgan fingerprint density at radius 2 is 1.33 bits per heavy atom. The summed E-state index contributed by atoms with van der Waals surface area (Å²) in [6, 6.07) is 0. The van der Waals surface area contributed by atoms with Gasteiger partial charge in [-0.3, -0.25) is 0 Å². The molecule has 0 radical (unpaired) electrons. The molecule has 0 aromatic heterocycles. The van der Waals surface area contributed by atoms with Gasteiger partial charge in [-0.25, -0.2) is 4.79 Å². The van der Waals surface area contributed by atoms with Crippen LogP contribution in [0.1, 0.15) is 0 Å². The third-order valence-corrected chi connectivity index (χ3v) is 2.54. The van der Waals surface area contributed by atoms with Crippen LogP contribution in [-0.2, 0) is 4.79 Å². The summed E-state index contributed by atoms with van der Waals surface area (Å²) in [6.07, 6.45) is -5.08. The molecule has 0 atom stereocenters. The van der Waals surface area contributed by atoms with Crippen molar-refractivity contribution in [2.24, 2.45) is 11.8 Å². The first kappa shape index (κ1) is 12.3. The van der Waals surface area contributed by atoms with Gasteiger partial charge in [0.05, 0.1) is 0 Å². The highest BCUT2D eigenvalue weighted by Gasteiger charge is 2.38. The molecule has 0 aromatic rings. The molecule has 15 heavy (non-hydrogen) atoms. The van der Waals surface area contributed by atoms with Crippen LogP contribution in [0.15, 0.2) is 0 Å². The zero-order valence-electron chi connectivity index (χ0n) is 7.97. The van der Waals surface area contributed by atoms with Crippen molar-refractivity contribution >= 4 is 5.97 Å². The van der Waals surface area contributed by atoms with E-state index >= 15 is 0 Å². The molecule has 3 N–H and O–H groups in total. The number of alkyl halides is 3. The summed E-state index contributed by atoms with van der Waals surface area (Å²) in [7, 11) is 0. The zero-order chi connectivity index (χ0) is 11.5. The molecule has 2 aliphatic heterocycles. The summed E-state index contributed by atoms with van der Waals surface area (Å²) in [6.45, 7) is 5.08. The Morgan fingerprint density at radius 3 is 1.40 bits per heavy atom. The molecule has 88 valence electrons. The molecule has 4 nitrogen and oxygen atoms in total. The van der Waals surface area contributed by atoms with E-state index in [0.717, 1.165) is 11.8 Å². The highest BCUT2D eigenvalue weighted by molar-refractivity contribution is 5.73. The molecule has 0 unspecified atom stereocenters. The van der Waals surface area contributed by atoms with Gasteiger partial charge in [0.25, 0.3) is 0 Å². The lowest BCUT2D eigenvalue weighted by molar-refractivity contribution is -0.192. The van der Waals surface area contributed by atoms with Gasteiger partial charge in [0.1, 0.15) is 0 Å². The summed E-state index contributed by atoms with van der Waals surface area (Å²) in [5.41, 5.74) is 0. The number of hydrogen-bond donors (Lipinski definition) is 3. The van der Waals surface area contributed by atoms with Crippen molar-refractivity contribution in [1.82, 2.24) is 10.6 Å². The molecule has 2 rings (SSSR count). The van der Waals surface area contributed by atoms with E-state index in [1.165, 1.54) is 26.2 Å². The van der Waals surface area contributed by atoms with Crippen molar-refractivity contribution in [3.8, 4) is 0 Å². The predicted molar refractivity (Wildman–Crippen MR) is 46.4 cm³/mol. The van der Waals surface area contributed by atoms with Gasteiger partial charge in [-0.1, -0.05) is 0 Å². The van der Waals surface area contributed by atoms with Gasteiger partial charge in [0.2, 0.25) is 0 Å². The summed E-state index contributed by atoms with van der Waals surface area (Å²) in [5, 5.41) is 13.7. The zero-order valence-corrected chi connectivity index (χ0v) is 7.97. The minimum atomic E-state index is -5.08. The molecule has 7 heteroatoms. The fourth-order valence-electron chi connectivity index (χ4n) is 1.29. The number of halogens is 3. The molecule has 0 amide bonds. The summed E-state index contributed by atoms with van der Waals surface area (Å²) in [4.78, 5) is 8.90. The largest absolute Gasteiger partial charge is 0.490 e. The quantitative estimate of drug-likeness (QED) is 0.591. The van der Waals surface area contributed by atoms with Gasteiger partial charge in [-0.05, 0) is 38.0 Å². The van der Waals surface area contributed by atoms with E-state index in [4.69, 9.17) is 9.90 Å². The number of hydrogen-bond acceptors (Lipinski definition) is 3. The van der Waals surface area contributed by atoms with Crippen molar-refractivity contribution in [3.05, 3.63) is 0 Å². The first-order chi connectivity index (χ1) is 6.91. The van der Waals surface area contributed by atoms with E-state index in [-0.39, 0.29) is 0 Å². The average Bonchev–Trinajstić information content (AvgIpc) is 1.92. The lowest BCUT2D eigenvalue weighted by atomic mass is 9.83. The first-order valence-corrected chi connectivity index (χ1v) is 4.63. The minimum Gasteiger partial charge on any atom is -0.475 e. The predicted octanol–water partition coefficient (Wildman–Crippen LogP) is 0.0585. The second kappa shape index (κ2) is 4.80. The Bertz CT molecular complexity index is 212. The summed E-state index contributed by atoms with van der Waals surface area (Å²) < 4.78 is 31.7. The number of carboxylic acid groups (broad SMARTS) is 1. The third-order valence-electron chi connectivity index (χ3n) is 2.54. The van der Waals surface area contributed by atoms with Crippen LogP contribution in [0.2, 0.25) is 0 Å². The number of carboxylic acids is 1. The Morgan fingerprint density at radius 1 is 1.07 bits per heavy atom. The highest BCUT2D eigenvalue weighted by atomic mass is 19.4. The second-order valence-corrected chi connectivity index (χ2v) is 3.64. The molecule has 2 fully saturated rings. The first-order valence-electron chi connectivity index (χ1n) is 4.63.